The van der Waals surface area contributed by atoms with Crippen LogP contribution in [0.5, 0.6) is 0 Å². The maximum Gasteiger partial charge on any atom is 0.256 e. The largest absolute Gasteiger partial charge is 0.352 e. The van der Waals surface area contributed by atoms with Crippen LogP contribution in [0.25, 0.3) is 0 Å². The topological polar surface area (TPSA) is 58.2 Å². The molecule has 0 heterocycles. The van der Waals surface area contributed by atoms with Crippen molar-refractivity contribution in [3.8, 4) is 0 Å². The van der Waals surface area contributed by atoms with Crippen LogP contribution < -0.4 is 10.6 Å². The predicted octanol–water partition coefficient (Wildman–Crippen LogP) is 4.50. The van der Waals surface area contributed by atoms with Crippen molar-refractivity contribution in [1.29, 1.82) is 0 Å². The number of thioether (sulfide) groups is 1. The van der Waals surface area contributed by atoms with Crippen molar-refractivity contribution in [3.05, 3.63) is 59.2 Å². The summed E-state index contributed by atoms with van der Waals surface area (Å²) >= 11 is 1.66. The van der Waals surface area contributed by atoms with Crippen LogP contribution in [0, 0.1) is 6.92 Å². The van der Waals surface area contributed by atoms with Gasteiger partial charge in [0.05, 0.1) is 5.56 Å². The molecule has 2 amide bonds. The van der Waals surface area contributed by atoms with Crippen molar-refractivity contribution in [1.82, 2.24) is 5.32 Å². The Bertz CT molecular complexity index is 772. The van der Waals surface area contributed by atoms with E-state index in [4.69, 9.17) is 0 Å². The van der Waals surface area contributed by atoms with Gasteiger partial charge in [0.1, 0.15) is 0 Å². The number of nitrogens with one attached hydrogen (secondary N) is 2. The lowest BCUT2D eigenvalue weighted by Crippen LogP contribution is -2.23. The molecule has 2 N–H and O–H groups in total. The lowest BCUT2D eigenvalue weighted by atomic mass is 10.1. The predicted molar refractivity (Wildman–Crippen MR) is 105 cm³/mol. The number of carbonyl (C=O) groups is 2. The summed E-state index contributed by atoms with van der Waals surface area (Å²) in [6.45, 7) is 8.54. The summed E-state index contributed by atoms with van der Waals surface area (Å²) in [6.07, 6.45) is 0. The highest BCUT2D eigenvalue weighted by atomic mass is 32.2. The highest BCUT2D eigenvalue weighted by molar-refractivity contribution is 8.00. The van der Waals surface area contributed by atoms with Gasteiger partial charge in [-0.15, -0.1) is 11.8 Å². The average molecular weight is 356 g/mol. The summed E-state index contributed by atoms with van der Waals surface area (Å²) in [7, 11) is 0. The first-order chi connectivity index (χ1) is 11.9. The molecule has 0 fully saturated rings. The number of rotatable bonds is 6. The summed E-state index contributed by atoms with van der Waals surface area (Å²) < 4.78 is 0. The fourth-order valence-corrected chi connectivity index (χ4v) is 3.31. The van der Waals surface area contributed by atoms with Gasteiger partial charge in [-0.05, 0) is 43.7 Å². The Kier molecular flexibility index (Phi) is 6.65. The fraction of sp³-hybridized carbons (Fsp3) is 0.300. The van der Waals surface area contributed by atoms with E-state index >= 15 is 0 Å². The zero-order valence-electron chi connectivity index (χ0n) is 15.1. The van der Waals surface area contributed by atoms with E-state index in [-0.39, 0.29) is 11.8 Å². The highest BCUT2D eigenvalue weighted by Crippen LogP contribution is 2.27. The maximum absolute atomic E-state index is 12.8. The molecule has 4 nitrogen and oxygen atoms in total. The van der Waals surface area contributed by atoms with E-state index in [1.54, 1.807) is 23.9 Å². The standard InChI is InChI=1S/C20H24N2O2S/c1-5-21-19(23)15-11-10-14(4)17(12-15)22-20(24)16-8-6-7-9-18(16)25-13(2)3/h6-13H,5H2,1-4H3,(H,21,23)(H,22,24). The van der Waals surface area contributed by atoms with Crippen LogP contribution in [-0.2, 0) is 0 Å². The van der Waals surface area contributed by atoms with Crippen LogP contribution in [0.15, 0.2) is 47.4 Å². The molecule has 0 aliphatic rings. The smallest absolute Gasteiger partial charge is 0.256 e. The van der Waals surface area contributed by atoms with Gasteiger partial charge in [-0.1, -0.05) is 32.0 Å². The molecule has 0 aliphatic heterocycles. The van der Waals surface area contributed by atoms with Crippen LogP contribution >= 0.6 is 11.8 Å². The molecule has 0 bridgehead atoms. The molecule has 0 aromatic heterocycles. The highest BCUT2D eigenvalue weighted by Gasteiger charge is 2.15. The third kappa shape index (κ3) is 5.10. The van der Waals surface area contributed by atoms with Crippen LogP contribution in [0.1, 0.15) is 47.1 Å². The van der Waals surface area contributed by atoms with E-state index in [9.17, 15) is 9.59 Å². The molecule has 25 heavy (non-hydrogen) atoms. The molecule has 0 aliphatic carbocycles. The quantitative estimate of drug-likeness (QED) is 0.749. The van der Waals surface area contributed by atoms with Gasteiger partial charge in [0, 0.05) is 27.9 Å². The second-order valence-corrected chi connectivity index (χ2v) is 7.62. The molecule has 0 saturated carbocycles. The minimum Gasteiger partial charge on any atom is -0.352 e. The first-order valence-electron chi connectivity index (χ1n) is 8.38. The van der Waals surface area contributed by atoms with E-state index in [1.165, 1.54) is 0 Å². The first-order valence-corrected chi connectivity index (χ1v) is 9.26. The summed E-state index contributed by atoms with van der Waals surface area (Å²) in [6, 6.07) is 12.9. The summed E-state index contributed by atoms with van der Waals surface area (Å²) in [5.41, 5.74) is 2.74. The normalized spacial score (nSPS) is 10.6. The molecule has 132 valence electrons. The number of benzene rings is 2. The monoisotopic (exact) mass is 356 g/mol. The van der Waals surface area contributed by atoms with E-state index < -0.39 is 0 Å². The third-order valence-corrected chi connectivity index (χ3v) is 4.66. The van der Waals surface area contributed by atoms with Crippen LogP contribution in [0.4, 0.5) is 5.69 Å². The number of amides is 2. The van der Waals surface area contributed by atoms with Gasteiger partial charge in [-0.3, -0.25) is 9.59 Å². The molecule has 0 unspecified atom stereocenters. The molecule has 0 radical (unpaired) electrons. The van der Waals surface area contributed by atoms with Gasteiger partial charge in [0.25, 0.3) is 11.8 Å². The van der Waals surface area contributed by atoms with E-state index in [0.29, 0.717) is 28.6 Å². The Morgan fingerprint density at radius 3 is 2.48 bits per heavy atom. The number of anilines is 1. The first kappa shape index (κ1) is 19.1. The van der Waals surface area contributed by atoms with Crippen molar-refractivity contribution < 1.29 is 9.59 Å². The van der Waals surface area contributed by atoms with Gasteiger partial charge in [0.2, 0.25) is 0 Å². The zero-order valence-corrected chi connectivity index (χ0v) is 15.9. The van der Waals surface area contributed by atoms with Crippen molar-refractivity contribution in [2.75, 3.05) is 11.9 Å². The fourth-order valence-electron chi connectivity index (χ4n) is 2.36. The molecule has 0 spiro atoms. The Morgan fingerprint density at radius 2 is 1.80 bits per heavy atom. The molecule has 2 rings (SSSR count). The average Bonchev–Trinajstić information content (AvgIpc) is 2.57. The lowest BCUT2D eigenvalue weighted by molar-refractivity contribution is 0.0954. The van der Waals surface area contributed by atoms with Crippen molar-refractivity contribution in [2.24, 2.45) is 0 Å². The molecule has 0 atom stereocenters. The Hall–Kier alpha value is -2.27. The van der Waals surface area contributed by atoms with E-state index in [1.807, 2.05) is 44.2 Å². The molecule has 2 aromatic rings. The number of carbonyl (C=O) groups excluding carboxylic acids is 2. The van der Waals surface area contributed by atoms with Crippen LogP contribution in [0.3, 0.4) is 0 Å². The summed E-state index contributed by atoms with van der Waals surface area (Å²) in [5.74, 6) is -0.311. The Morgan fingerprint density at radius 1 is 1.08 bits per heavy atom. The van der Waals surface area contributed by atoms with E-state index in [0.717, 1.165) is 10.5 Å². The minimum atomic E-state index is -0.167. The van der Waals surface area contributed by atoms with Crippen LogP contribution in [-0.4, -0.2) is 23.6 Å². The number of aryl methyl sites for hydroxylation is 1. The second kappa shape index (κ2) is 8.72. The maximum atomic E-state index is 12.8. The van der Waals surface area contributed by atoms with Crippen molar-refractivity contribution >= 4 is 29.3 Å². The second-order valence-electron chi connectivity index (χ2n) is 6.01. The van der Waals surface area contributed by atoms with Crippen LogP contribution in [0.2, 0.25) is 0 Å². The number of hydrogen-bond acceptors (Lipinski definition) is 3. The Labute approximate surface area is 153 Å². The van der Waals surface area contributed by atoms with E-state index in [2.05, 4.69) is 24.5 Å². The molecular formula is C20H24N2O2S. The van der Waals surface area contributed by atoms with Gasteiger partial charge >= 0.3 is 0 Å². The van der Waals surface area contributed by atoms with Gasteiger partial charge in [-0.2, -0.15) is 0 Å². The molecule has 0 saturated heterocycles. The van der Waals surface area contributed by atoms with Gasteiger partial charge < -0.3 is 10.6 Å². The lowest BCUT2D eigenvalue weighted by Gasteiger charge is -2.13. The van der Waals surface area contributed by atoms with Gasteiger partial charge in [-0.25, -0.2) is 0 Å². The molecule has 2 aromatic carbocycles. The summed E-state index contributed by atoms with van der Waals surface area (Å²) in [5, 5.41) is 6.10. The summed E-state index contributed by atoms with van der Waals surface area (Å²) in [4.78, 5) is 25.7. The van der Waals surface area contributed by atoms with Gasteiger partial charge in [0.15, 0.2) is 0 Å². The molecule has 5 heteroatoms. The Balaban J connectivity index is 2.26. The minimum absolute atomic E-state index is 0.145. The number of hydrogen-bond donors (Lipinski definition) is 2. The van der Waals surface area contributed by atoms with Crippen molar-refractivity contribution in [2.45, 2.75) is 37.8 Å². The zero-order chi connectivity index (χ0) is 18.4. The SMILES string of the molecule is CCNC(=O)c1ccc(C)c(NC(=O)c2ccccc2SC(C)C)c1. The third-order valence-electron chi connectivity index (χ3n) is 3.58. The molecular weight excluding hydrogens is 332 g/mol. The van der Waals surface area contributed by atoms with Crippen molar-refractivity contribution in [3.63, 3.8) is 0 Å².